The summed E-state index contributed by atoms with van der Waals surface area (Å²) in [5, 5.41) is 12.1. The largest absolute Gasteiger partial charge is 0.494 e. The van der Waals surface area contributed by atoms with E-state index in [0.717, 1.165) is 18.4 Å². The quantitative estimate of drug-likeness (QED) is 0.874. The topological polar surface area (TPSA) is 61.8 Å². The molecule has 0 saturated carbocycles. The minimum atomic E-state index is -0.541. The van der Waals surface area contributed by atoms with Crippen molar-refractivity contribution in [3.63, 3.8) is 0 Å². The number of hydrogen-bond acceptors (Lipinski definition) is 3. The van der Waals surface area contributed by atoms with Crippen LogP contribution in [0.5, 0.6) is 5.75 Å². The highest BCUT2D eigenvalue weighted by molar-refractivity contribution is 5.89. The molecule has 25 heavy (non-hydrogen) atoms. The molecule has 0 bridgehead atoms. The summed E-state index contributed by atoms with van der Waals surface area (Å²) in [6.07, 6.45) is 1.71. The monoisotopic (exact) mass is 344 g/mol. The van der Waals surface area contributed by atoms with E-state index in [1.165, 1.54) is 24.8 Å². The summed E-state index contributed by atoms with van der Waals surface area (Å²) in [6, 6.07) is 11.8. The molecule has 0 spiro atoms. The number of methoxy groups -OCH3 is 1. The third-order valence-electron chi connectivity index (χ3n) is 4.48. The van der Waals surface area contributed by atoms with Crippen molar-refractivity contribution in [2.75, 3.05) is 25.6 Å². The molecule has 0 radical (unpaired) electrons. The molecule has 132 valence electrons. The fourth-order valence-corrected chi connectivity index (χ4v) is 3.30. The SMILES string of the molecule is COc1ccc(NC(=O)N(CCO)C2CCc3ccccc32)cc1F. The summed E-state index contributed by atoms with van der Waals surface area (Å²) in [4.78, 5) is 14.3. The first-order valence-corrected chi connectivity index (χ1v) is 8.24. The van der Waals surface area contributed by atoms with Crippen molar-refractivity contribution in [3.8, 4) is 5.75 Å². The van der Waals surface area contributed by atoms with E-state index in [0.29, 0.717) is 5.69 Å². The first-order chi connectivity index (χ1) is 12.1. The molecule has 1 atom stereocenters. The highest BCUT2D eigenvalue weighted by atomic mass is 19.1. The van der Waals surface area contributed by atoms with Crippen LogP contribution in [0.3, 0.4) is 0 Å². The van der Waals surface area contributed by atoms with Gasteiger partial charge in [0.15, 0.2) is 11.6 Å². The Morgan fingerprint density at radius 1 is 1.36 bits per heavy atom. The number of amides is 2. The number of hydrogen-bond donors (Lipinski definition) is 2. The van der Waals surface area contributed by atoms with Gasteiger partial charge in [0.2, 0.25) is 0 Å². The number of aliphatic hydroxyl groups is 1. The summed E-state index contributed by atoms with van der Waals surface area (Å²) in [5.41, 5.74) is 2.67. The van der Waals surface area contributed by atoms with Gasteiger partial charge in [-0.1, -0.05) is 24.3 Å². The Morgan fingerprint density at radius 2 is 2.16 bits per heavy atom. The van der Waals surface area contributed by atoms with Gasteiger partial charge < -0.3 is 20.1 Å². The third-order valence-corrected chi connectivity index (χ3v) is 4.48. The lowest BCUT2D eigenvalue weighted by atomic mass is 10.1. The molecule has 3 rings (SSSR count). The molecule has 0 fully saturated rings. The van der Waals surface area contributed by atoms with Crippen molar-refractivity contribution in [1.82, 2.24) is 4.90 Å². The van der Waals surface area contributed by atoms with Gasteiger partial charge in [-0.05, 0) is 36.1 Å². The van der Waals surface area contributed by atoms with Gasteiger partial charge >= 0.3 is 6.03 Å². The number of rotatable bonds is 5. The Balaban J connectivity index is 1.79. The maximum Gasteiger partial charge on any atom is 0.322 e. The van der Waals surface area contributed by atoms with Crippen molar-refractivity contribution in [2.45, 2.75) is 18.9 Å². The van der Waals surface area contributed by atoms with Crippen LogP contribution in [0.2, 0.25) is 0 Å². The predicted molar refractivity (Wildman–Crippen MR) is 93.3 cm³/mol. The average molecular weight is 344 g/mol. The number of nitrogens with zero attached hydrogens (tertiary/aromatic N) is 1. The van der Waals surface area contributed by atoms with Crippen LogP contribution in [0.4, 0.5) is 14.9 Å². The number of fused-ring (bicyclic) bond motifs is 1. The Labute approximate surface area is 146 Å². The normalized spacial score (nSPS) is 15.6. The number of anilines is 1. The van der Waals surface area contributed by atoms with E-state index in [9.17, 15) is 14.3 Å². The van der Waals surface area contributed by atoms with E-state index in [4.69, 9.17) is 4.74 Å². The second kappa shape index (κ2) is 7.53. The van der Waals surface area contributed by atoms with E-state index >= 15 is 0 Å². The van der Waals surface area contributed by atoms with Crippen LogP contribution >= 0.6 is 0 Å². The van der Waals surface area contributed by atoms with Crippen LogP contribution in [0.15, 0.2) is 42.5 Å². The summed E-state index contributed by atoms with van der Waals surface area (Å²) < 4.78 is 18.7. The number of carbonyl (C=O) groups excluding carboxylic acids is 1. The predicted octanol–water partition coefficient (Wildman–Crippen LogP) is 3.35. The minimum Gasteiger partial charge on any atom is -0.494 e. The number of benzene rings is 2. The van der Waals surface area contributed by atoms with Gasteiger partial charge in [0.1, 0.15) is 0 Å². The number of ether oxygens (including phenoxy) is 1. The van der Waals surface area contributed by atoms with Gasteiger partial charge in [-0.25, -0.2) is 9.18 Å². The zero-order valence-corrected chi connectivity index (χ0v) is 14.0. The number of aliphatic hydroxyl groups excluding tert-OH is 1. The Hall–Kier alpha value is -2.60. The Morgan fingerprint density at radius 3 is 2.88 bits per heavy atom. The molecule has 0 saturated heterocycles. The molecule has 2 aromatic rings. The molecular formula is C19H21FN2O3. The number of urea groups is 1. The van der Waals surface area contributed by atoms with Gasteiger partial charge in [-0.15, -0.1) is 0 Å². The van der Waals surface area contributed by atoms with Crippen LogP contribution in [0.1, 0.15) is 23.6 Å². The van der Waals surface area contributed by atoms with E-state index in [1.54, 1.807) is 11.0 Å². The number of nitrogens with one attached hydrogen (secondary N) is 1. The molecule has 5 nitrogen and oxygen atoms in total. The maximum absolute atomic E-state index is 13.8. The number of aryl methyl sites for hydroxylation is 1. The lowest BCUT2D eigenvalue weighted by molar-refractivity contribution is 0.162. The summed E-state index contributed by atoms with van der Waals surface area (Å²) in [5.74, 6) is -0.421. The molecule has 1 aliphatic carbocycles. The van der Waals surface area contributed by atoms with Crippen molar-refractivity contribution >= 4 is 11.7 Å². The van der Waals surface area contributed by atoms with Crippen LogP contribution in [-0.2, 0) is 6.42 Å². The standard InChI is InChI=1S/C19H21FN2O3/c1-25-18-9-7-14(12-16(18)20)21-19(24)22(10-11-23)17-8-6-13-4-2-3-5-15(13)17/h2-5,7,9,12,17,23H,6,8,10-11H2,1H3,(H,21,24). The summed E-state index contributed by atoms with van der Waals surface area (Å²) in [6.45, 7) is 0.0759. The van der Waals surface area contributed by atoms with Crippen LogP contribution in [-0.4, -0.2) is 36.3 Å². The second-order valence-electron chi connectivity index (χ2n) is 5.95. The van der Waals surface area contributed by atoms with Gasteiger partial charge in [-0.2, -0.15) is 0 Å². The molecule has 0 aliphatic heterocycles. The highest BCUT2D eigenvalue weighted by Gasteiger charge is 2.30. The Kier molecular flexibility index (Phi) is 5.19. The van der Waals surface area contributed by atoms with Gasteiger partial charge in [0, 0.05) is 18.3 Å². The number of halogens is 1. The zero-order chi connectivity index (χ0) is 17.8. The van der Waals surface area contributed by atoms with E-state index in [-0.39, 0.29) is 31.0 Å². The summed E-state index contributed by atoms with van der Waals surface area (Å²) >= 11 is 0. The summed E-state index contributed by atoms with van der Waals surface area (Å²) in [7, 11) is 1.39. The molecule has 6 heteroatoms. The number of carbonyl (C=O) groups is 1. The molecule has 2 aromatic carbocycles. The average Bonchev–Trinajstić information content (AvgIpc) is 3.03. The minimum absolute atomic E-state index is 0.0913. The zero-order valence-electron chi connectivity index (χ0n) is 14.0. The van der Waals surface area contributed by atoms with E-state index in [1.807, 2.05) is 18.2 Å². The van der Waals surface area contributed by atoms with Crippen LogP contribution in [0, 0.1) is 5.82 Å². The third kappa shape index (κ3) is 3.58. The van der Waals surface area contributed by atoms with Crippen molar-refractivity contribution in [3.05, 3.63) is 59.4 Å². The van der Waals surface area contributed by atoms with Gasteiger partial charge in [-0.3, -0.25) is 0 Å². The molecule has 0 heterocycles. The molecule has 2 N–H and O–H groups in total. The first-order valence-electron chi connectivity index (χ1n) is 8.24. The molecule has 0 aromatic heterocycles. The maximum atomic E-state index is 13.8. The molecule has 1 aliphatic rings. The lowest BCUT2D eigenvalue weighted by Gasteiger charge is -2.29. The lowest BCUT2D eigenvalue weighted by Crippen LogP contribution is -2.39. The van der Waals surface area contributed by atoms with E-state index in [2.05, 4.69) is 11.4 Å². The highest BCUT2D eigenvalue weighted by Crippen LogP contribution is 2.35. The molecular weight excluding hydrogens is 323 g/mol. The molecule has 1 unspecified atom stereocenters. The van der Waals surface area contributed by atoms with Gasteiger partial charge in [0.25, 0.3) is 0 Å². The Bertz CT molecular complexity index is 766. The fraction of sp³-hybridized carbons (Fsp3) is 0.316. The first kappa shape index (κ1) is 17.2. The molecule has 2 amide bonds. The second-order valence-corrected chi connectivity index (χ2v) is 5.95. The van der Waals surface area contributed by atoms with Gasteiger partial charge in [0.05, 0.1) is 19.8 Å². The van der Waals surface area contributed by atoms with Crippen LogP contribution < -0.4 is 10.1 Å². The smallest absolute Gasteiger partial charge is 0.322 e. The van der Waals surface area contributed by atoms with E-state index < -0.39 is 5.82 Å². The van der Waals surface area contributed by atoms with Crippen molar-refractivity contribution in [2.24, 2.45) is 0 Å². The van der Waals surface area contributed by atoms with Crippen LogP contribution in [0.25, 0.3) is 0 Å². The van der Waals surface area contributed by atoms with Crippen molar-refractivity contribution in [1.29, 1.82) is 0 Å². The fourth-order valence-electron chi connectivity index (χ4n) is 3.30. The van der Waals surface area contributed by atoms with Crippen molar-refractivity contribution < 1.29 is 19.0 Å².